The number of carbonyl (C=O) groups is 2. The number of benzene rings is 1. The summed E-state index contributed by atoms with van der Waals surface area (Å²) in [5, 5.41) is 7.52. The van der Waals surface area contributed by atoms with Crippen molar-refractivity contribution in [2.45, 2.75) is 31.8 Å². The number of nitrogens with zero attached hydrogens (tertiary/aromatic N) is 2. The zero-order valence-corrected chi connectivity index (χ0v) is 17.6. The Balaban J connectivity index is 1.40. The number of nitrogens with one attached hydrogen (secondary N) is 2. The number of likely N-dealkylation sites (N-methyl/N-ethyl adjacent to an activating group) is 1. The van der Waals surface area contributed by atoms with E-state index in [1.54, 1.807) is 11.3 Å². The van der Waals surface area contributed by atoms with Gasteiger partial charge in [-0.3, -0.25) is 14.5 Å². The average molecular weight is 413 g/mol. The molecule has 2 aliphatic heterocycles. The van der Waals surface area contributed by atoms with E-state index in [2.05, 4.69) is 45.7 Å². The molecule has 2 N–H and O–H groups in total. The zero-order valence-electron chi connectivity index (χ0n) is 16.8. The summed E-state index contributed by atoms with van der Waals surface area (Å²) in [5.41, 5.74) is 3.89. The predicted molar refractivity (Wildman–Crippen MR) is 116 cm³/mol. The fraction of sp³-hybridized carbons (Fsp3) is 0.455. The van der Waals surface area contributed by atoms with E-state index in [1.165, 1.54) is 29.7 Å². The Hall–Kier alpha value is -2.38. The van der Waals surface area contributed by atoms with E-state index in [1.807, 2.05) is 17.5 Å². The Labute approximate surface area is 175 Å². The molecule has 6 nitrogen and oxygen atoms in total. The molecule has 2 aromatic rings. The van der Waals surface area contributed by atoms with Crippen molar-refractivity contribution < 1.29 is 9.59 Å². The minimum absolute atomic E-state index is 0.0998. The second-order valence-electron chi connectivity index (χ2n) is 7.79. The Morgan fingerprint density at radius 3 is 2.66 bits per heavy atom. The van der Waals surface area contributed by atoms with E-state index < -0.39 is 11.8 Å². The second kappa shape index (κ2) is 8.97. The SMILES string of the molecule is CN1CCc2cc(C(CNC(=O)C(=O)NCc3cccs3)N3CCCC3)ccc21. The molecule has 1 atom stereocenters. The van der Waals surface area contributed by atoms with Gasteiger partial charge in [-0.05, 0) is 61.0 Å². The number of fused-ring (bicyclic) bond motifs is 1. The Kier molecular flexibility index (Phi) is 6.16. The van der Waals surface area contributed by atoms with Gasteiger partial charge in [0.2, 0.25) is 0 Å². The first kappa shape index (κ1) is 19.9. The second-order valence-corrected chi connectivity index (χ2v) is 8.82. The van der Waals surface area contributed by atoms with Crippen molar-refractivity contribution in [1.29, 1.82) is 0 Å². The molecule has 0 saturated carbocycles. The number of rotatable bonds is 6. The Morgan fingerprint density at radius 1 is 1.10 bits per heavy atom. The van der Waals surface area contributed by atoms with Crippen LogP contribution in [0.15, 0.2) is 35.7 Å². The summed E-state index contributed by atoms with van der Waals surface area (Å²) < 4.78 is 0. The van der Waals surface area contributed by atoms with Crippen molar-refractivity contribution in [3.05, 3.63) is 51.7 Å². The van der Waals surface area contributed by atoms with Gasteiger partial charge < -0.3 is 15.5 Å². The van der Waals surface area contributed by atoms with E-state index >= 15 is 0 Å². The molecule has 0 aliphatic carbocycles. The summed E-state index contributed by atoms with van der Waals surface area (Å²) in [6.45, 7) is 3.94. The summed E-state index contributed by atoms with van der Waals surface area (Å²) in [6, 6.07) is 10.6. The van der Waals surface area contributed by atoms with Crippen LogP contribution in [-0.2, 0) is 22.6 Å². The van der Waals surface area contributed by atoms with E-state index in [0.29, 0.717) is 13.1 Å². The van der Waals surface area contributed by atoms with Crippen LogP contribution in [0.4, 0.5) is 5.69 Å². The van der Waals surface area contributed by atoms with Gasteiger partial charge in [-0.2, -0.15) is 0 Å². The Bertz CT molecular complexity index is 862. The zero-order chi connectivity index (χ0) is 20.2. The number of carbonyl (C=O) groups excluding carboxylic acids is 2. The van der Waals surface area contributed by atoms with Crippen LogP contribution in [0, 0.1) is 0 Å². The van der Waals surface area contributed by atoms with Gasteiger partial charge in [0.25, 0.3) is 0 Å². The highest BCUT2D eigenvalue weighted by Crippen LogP contribution is 2.32. The molecule has 154 valence electrons. The molecule has 1 aromatic carbocycles. The molecule has 2 amide bonds. The third-order valence-corrected chi connectivity index (χ3v) is 6.74. The van der Waals surface area contributed by atoms with Crippen molar-refractivity contribution in [3.8, 4) is 0 Å². The summed E-state index contributed by atoms with van der Waals surface area (Å²) in [7, 11) is 2.12. The van der Waals surface area contributed by atoms with Gasteiger partial charge in [0, 0.05) is 30.7 Å². The normalized spacial score (nSPS) is 17.2. The minimum Gasteiger partial charge on any atom is -0.374 e. The molecule has 7 heteroatoms. The van der Waals surface area contributed by atoms with Crippen molar-refractivity contribution in [3.63, 3.8) is 0 Å². The third kappa shape index (κ3) is 4.62. The molecule has 1 aromatic heterocycles. The lowest BCUT2D eigenvalue weighted by Crippen LogP contribution is -2.43. The van der Waals surface area contributed by atoms with Crippen LogP contribution in [0.2, 0.25) is 0 Å². The topological polar surface area (TPSA) is 64.7 Å². The lowest BCUT2D eigenvalue weighted by molar-refractivity contribution is -0.139. The number of amides is 2. The third-order valence-electron chi connectivity index (χ3n) is 5.86. The van der Waals surface area contributed by atoms with E-state index in [4.69, 9.17) is 0 Å². The van der Waals surface area contributed by atoms with E-state index in [9.17, 15) is 9.59 Å². The van der Waals surface area contributed by atoms with Crippen molar-refractivity contribution in [1.82, 2.24) is 15.5 Å². The molecule has 29 heavy (non-hydrogen) atoms. The lowest BCUT2D eigenvalue weighted by Gasteiger charge is -2.28. The molecule has 1 saturated heterocycles. The molecular weight excluding hydrogens is 384 g/mol. The van der Waals surface area contributed by atoms with Gasteiger partial charge >= 0.3 is 11.8 Å². The monoisotopic (exact) mass is 412 g/mol. The van der Waals surface area contributed by atoms with Gasteiger partial charge in [0.05, 0.1) is 12.6 Å². The standard InChI is InChI=1S/C22H28N4O2S/c1-25-11-8-17-13-16(6-7-19(17)25)20(26-9-2-3-10-26)15-24-22(28)21(27)23-14-18-5-4-12-29-18/h4-7,12-13,20H,2-3,8-11,14-15H2,1H3,(H,23,27)(H,24,28). The van der Waals surface area contributed by atoms with E-state index in [0.717, 1.165) is 30.9 Å². The first-order valence-electron chi connectivity index (χ1n) is 10.3. The first-order valence-corrected chi connectivity index (χ1v) is 11.2. The molecule has 3 heterocycles. The van der Waals surface area contributed by atoms with Gasteiger partial charge in [0.1, 0.15) is 0 Å². The molecule has 0 spiro atoms. The number of thiophene rings is 1. The van der Waals surface area contributed by atoms with Crippen molar-refractivity contribution >= 4 is 28.8 Å². The maximum absolute atomic E-state index is 12.3. The molecule has 2 aliphatic rings. The smallest absolute Gasteiger partial charge is 0.309 e. The molecule has 4 rings (SSSR count). The highest BCUT2D eigenvalue weighted by Gasteiger charge is 2.26. The highest BCUT2D eigenvalue weighted by atomic mass is 32.1. The fourth-order valence-electron chi connectivity index (χ4n) is 4.24. The Morgan fingerprint density at radius 2 is 1.90 bits per heavy atom. The average Bonchev–Trinajstić information content (AvgIpc) is 3.49. The van der Waals surface area contributed by atoms with E-state index in [-0.39, 0.29) is 6.04 Å². The summed E-state index contributed by atoms with van der Waals surface area (Å²) in [6.07, 6.45) is 3.42. The maximum atomic E-state index is 12.3. The highest BCUT2D eigenvalue weighted by molar-refractivity contribution is 7.09. The van der Waals surface area contributed by atoms with Crippen LogP contribution in [0.1, 0.15) is 34.9 Å². The van der Waals surface area contributed by atoms with Gasteiger partial charge in [-0.25, -0.2) is 0 Å². The number of anilines is 1. The summed E-state index contributed by atoms with van der Waals surface area (Å²) in [4.78, 5) is 30.2. The van der Waals surface area contributed by atoms with Crippen LogP contribution in [-0.4, -0.2) is 49.9 Å². The van der Waals surface area contributed by atoms with Crippen LogP contribution in [0.25, 0.3) is 0 Å². The van der Waals surface area contributed by atoms with Crippen LogP contribution < -0.4 is 15.5 Å². The molecule has 0 bridgehead atoms. The number of hydrogen-bond donors (Lipinski definition) is 2. The van der Waals surface area contributed by atoms with Crippen LogP contribution >= 0.6 is 11.3 Å². The molecule has 0 radical (unpaired) electrons. The molecule has 1 fully saturated rings. The maximum Gasteiger partial charge on any atom is 0.309 e. The minimum atomic E-state index is -0.575. The lowest BCUT2D eigenvalue weighted by atomic mass is 10.0. The first-order chi connectivity index (χ1) is 14.1. The van der Waals surface area contributed by atoms with Crippen molar-refractivity contribution in [2.75, 3.05) is 38.1 Å². The molecule has 1 unspecified atom stereocenters. The van der Waals surface area contributed by atoms with Gasteiger partial charge in [-0.1, -0.05) is 18.2 Å². The number of likely N-dealkylation sites (tertiary alicyclic amines) is 1. The van der Waals surface area contributed by atoms with Gasteiger partial charge in [-0.15, -0.1) is 11.3 Å². The molecular formula is C22H28N4O2S. The van der Waals surface area contributed by atoms with Crippen molar-refractivity contribution in [2.24, 2.45) is 0 Å². The predicted octanol–water partition coefficient (Wildman–Crippen LogP) is 2.31. The van der Waals surface area contributed by atoms with Gasteiger partial charge in [0.15, 0.2) is 0 Å². The van der Waals surface area contributed by atoms with Crippen LogP contribution in [0.3, 0.4) is 0 Å². The largest absolute Gasteiger partial charge is 0.374 e. The number of hydrogen-bond acceptors (Lipinski definition) is 5. The summed E-state index contributed by atoms with van der Waals surface area (Å²) in [5.74, 6) is -1.14. The fourth-order valence-corrected chi connectivity index (χ4v) is 4.88. The summed E-state index contributed by atoms with van der Waals surface area (Å²) >= 11 is 1.56. The van der Waals surface area contributed by atoms with Crippen LogP contribution in [0.5, 0.6) is 0 Å². The quantitative estimate of drug-likeness (QED) is 0.715.